The summed E-state index contributed by atoms with van der Waals surface area (Å²) in [7, 11) is 0. The quantitative estimate of drug-likeness (QED) is 0.754. The van der Waals surface area contributed by atoms with Crippen LogP contribution in [0.2, 0.25) is 0 Å². The van der Waals surface area contributed by atoms with E-state index in [4.69, 9.17) is 17.0 Å². The molecule has 0 heterocycles. The number of benzene rings is 2. The molecule has 4 nitrogen and oxygen atoms in total. The first-order valence-electron chi connectivity index (χ1n) is 8.67. The molecular weight excluding hydrogens is 344 g/mol. The summed E-state index contributed by atoms with van der Waals surface area (Å²) in [5, 5.41) is 5.94. The van der Waals surface area contributed by atoms with Gasteiger partial charge in [-0.15, -0.1) is 0 Å². The molecule has 0 spiro atoms. The molecule has 0 bridgehead atoms. The number of thiocarbonyl (C=S) groups is 1. The van der Waals surface area contributed by atoms with Gasteiger partial charge in [0.05, 0.1) is 0 Å². The van der Waals surface area contributed by atoms with Crippen LogP contribution in [0.3, 0.4) is 0 Å². The molecule has 0 aliphatic carbocycles. The predicted octanol–water partition coefficient (Wildman–Crippen LogP) is 4.63. The number of amides is 1. The van der Waals surface area contributed by atoms with Crippen LogP contribution < -0.4 is 15.4 Å². The standard InChI is InChI=1S/C21H26N2O2S/c1-13(2)18-8-7-17(11-15(18)4)25-12-20(24)23-21(26)22-19-9-6-14(3)10-16(19)5/h6-11,13H,12H2,1-5H3,(H2,22,23,24,26). The van der Waals surface area contributed by atoms with Gasteiger partial charge in [0.15, 0.2) is 11.7 Å². The van der Waals surface area contributed by atoms with Crippen LogP contribution in [0.5, 0.6) is 5.75 Å². The van der Waals surface area contributed by atoms with Gasteiger partial charge in [-0.1, -0.05) is 37.6 Å². The Hall–Kier alpha value is -2.40. The van der Waals surface area contributed by atoms with Crippen LogP contribution in [0.4, 0.5) is 5.69 Å². The molecule has 0 radical (unpaired) electrons. The van der Waals surface area contributed by atoms with Crippen molar-refractivity contribution in [1.29, 1.82) is 0 Å². The molecular formula is C21H26N2O2S. The lowest BCUT2D eigenvalue weighted by atomic mass is 9.98. The van der Waals surface area contributed by atoms with Gasteiger partial charge in [-0.2, -0.15) is 0 Å². The Kier molecular flexibility index (Phi) is 6.75. The molecule has 0 aromatic heterocycles. The molecule has 0 aliphatic rings. The maximum absolute atomic E-state index is 12.1. The highest BCUT2D eigenvalue weighted by molar-refractivity contribution is 7.80. The fourth-order valence-corrected chi connectivity index (χ4v) is 3.03. The number of ether oxygens (including phenoxy) is 1. The minimum absolute atomic E-state index is 0.0881. The van der Waals surface area contributed by atoms with Gasteiger partial charge in [0.25, 0.3) is 5.91 Å². The molecule has 2 N–H and O–H groups in total. The van der Waals surface area contributed by atoms with E-state index in [0.29, 0.717) is 11.7 Å². The molecule has 0 fully saturated rings. The summed E-state index contributed by atoms with van der Waals surface area (Å²) in [4.78, 5) is 12.1. The normalized spacial score (nSPS) is 10.5. The zero-order chi connectivity index (χ0) is 19.3. The van der Waals surface area contributed by atoms with E-state index in [-0.39, 0.29) is 17.6 Å². The number of hydrogen-bond acceptors (Lipinski definition) is 3. The number of carbonyl (C=O) groups excluding carboxylic acids is 1. The Bertz CT molecular complexity index is 816. The molecule has 2 aromatic carbocycles. The van der Waals surface area contributed by atoms with Crippen LogP contribution >= 0.6 is 12.2 Å². The molecule has 0 aliphatic heterocycles. The number of anilines is 1. The van der Waals surface area contributed by atoms with Crippen LogP contribution in [0.25, 0.3) is 0 Å². The van der Waals surface area contributed by atoms with E-state index in [1.807, 2.05) is 51.1 Å². The zero-order valence-electron chi connectivity index (χ0n) is 16.0. The average molecular weight is 371 g/mol. The maximum atomic E-state index is 12.1. The first-order valence-corrected chi connectivity index (χ1v) is 9.08. The van der Waals surface area contributed by atoms with Crippen LogP contribution in [0.15, 0.2) is 36.4 Å². The van der Waals surface area contributed by atoms with Gasteiger partial charge in [0.1, 0.15) is 5.75 Å². The number of aryl methyl sites for hydroxylation is 3. The van der Waals surface area contributed by atoms with Crippen LogP contribution in [-0.4, -0.2) is 17.6 Å². The van der Waals surface area contributed by atoms with Crippen molar-refractivity contribution in [3.63, 3.8) is 0 Å². The second kappa shape index (κ2) is 8.81. The molecule has 0 saturated heterocycles. The van der Waals surface area contributed by atoms with Crippen LogP contribution in [0.1, 0.15) is 42.0 Å². The number of rotatable bonds is 5. The van der Waals surface area contributed by atoms with Crippen molar-refractivity contribution in [1.82, 2.24) is 5.32 Å². The van der Waals surface area contributed by atoms with E-state index < -0.39 is 0 Å². The summed E-state index contributed by atoms with van der Waals surface area (Å²) in [6.45, 7) is 10.3. The van der Waals surface area contributed by atoms with Crippen molar-refractivity contribution in [3.8, 4) is 5.75 Å². The molecule has 1 amide bonds. The van der Waals surface area contributed by atoms with Crippen molar-refractivity contribution in [2.24, 2.45) is 0 Å². The maximum Gasteiger partial charge on any atom is 0.264 e. The third-order valence-corrected chi connectivity index (χ3v) is 4.32. The van der Waals surface area contributed by atoms with Gasteiger partial charge in [-0.3, -0.25) is 10.1 Å². The molecule has 26 heavy (non-hydrogen) atoms. The first-order chi connectivity index (χ1) is 12.3. The fourth-order valence-electron chi connectivity index (χ4n) is 2.80. The van der Waals surface area contributed by atoms with Gasteiger partial charge in [0.2, 0.25) is 0 Å². The van der Waals surface area contributed by atoms with Crippen molar-refractivity contribution in [2.75, 3.05) is 11.9 Å². The Morgan fingerprint density at radius 3 is 2.42 bits per heavy atom. The van der Waals surface area contributed by atoms with Crippen molar-refractivity contribution in [2.45, 2.75) is 40.5 Å². The van der Waals surface area contributed by atoms with Gasteiger partial charge >= 0.3 is 0 Å². The molecule has 2 aromatic rings. The Morgan fingerprint density at radius 1 is 1.08 bits per heavy atom. The lowest BCUT2D eigenvalue weighted by Crippen LogP contribution is -2.37. The summed E-state index contributed by atoms with van der Waals surface area (Å²) < 4.78 is 5.57. The van der Waals surface area contributed by atoms with Crippen molar-refractivity contribution in [3.05, 3.63) is 58.7 Å². The fraction of sp³-hybridized carbons (Fsp3) is 0.333. The summed E-state index contributed by atoms with van der Waals surface area (Å²) in [5.41, 5.74) is 5.56. The second-order valence-electron chi connectivity index (χ2n) is 6.78. The Morgan fingerprint density at radius 2 is 1.81 bits per heavy atom. The lowest BCUT2D eigenvalue weighted by Gasteiger charge is -2.14. The monoisotopic (exact) mass is 370 g/mol. The SMILES string of the molecule is Cc1ccc(NC(=S)NC(=O)COc2ccc(C(C)C)c(C)c2)c(C)c1. The van der Waals surface area contributed by atoms with E-state index in [1.54, 1.807) is 0 Å². The van der Waals surface area contributed by atoms with E-state index in [2.05, 4.69) is 30.5 Å². The Balaban J connectivity index is 1.86. The summed E-state index contributed by atoms with van der Waals surface area (Å²) in [5.74, 6) is 0.842. The molecule has 0 saturated carbocycles. The number of carbonyl (C=O) groups is 1. The van der Waals surface area contributed by atoms with E-state index in [9.17, 15) is 4.79 Å². The van der Waals surface area contributed by atoms with Gasteiger partial charge in [0, 0.05) is 5.69 Å². The first kappa shape index (κ1) is 19.9. The topological polar surface area (TPSA) is 50.4 Å². The smallest absolute Gasteiger partial charge is 0.264 e. The van der Waals surface area contributed by atoms with Crippen LogP contribution in [0, 0.1) is 20.8 Å². The third kappa shape index (κ3) is 5.56. The van der Waals surface area contributed by atoms with E-state index >= 15 is 0 Å². The summed E-state index contributed by atoms with van der Waals surface area (Å²) in [6.07, 6.45) is 0. The molecule has 5 heteroatoms. The third-order valence-electron chi connectivity index (χ3n) is 4.12. The van der Waals surface area contributed by atoms with E-state index in [1.165, 1.54) is 11.1 Å². The second-order valence-corrected chi connectivity index (χ2v) is 7.19. The predicted molar refractivity (Wildman–Crippen MR) is 111 cm³/mol. The summed E-state index contributed by atoms with van der Waals surface area (Å²) in [6, 6.07) is 11.9. The van der Waals surface area contributed by atoms with Crippen molar-refractivity contribution >= 4 is 28.9 Å². The highest BCUT2D eigenvalue weighted by atomic mass is 32.1. The van der Waals surface area contributed by atoms with Gasteiger partial charge in [-0.05, 0) is 73.8 Å². The lowest BCUT2D eigenvalue weighted by molar-refractivity contribution is -0.121. The van der Waals surface area contributed by atoms with Crippen LogP contribution in [-0.2, 0) is 4.79 Å². The van der Waals surface area contributed by atoms with Gasteiger partial charge < -0.3 is 10.1 Å². The highest BCUT2D eigenvalue weighted by Crippen LogP contribution is 2.23. The minimum atomic E-state index is -0.294. The minimum Gasteiger partial charge on any atom is -0.484 e. The molecule has 2 rings (SSSR count). The largest absolute Gasteiger partial charge is 0.484 e. The molecule has 0 atom stereocenters. The number of nitrogens with one attached hydrogen (secondary N) is 2. The molecule has 138 valence electrons. The van der Waals surface area contributed by atoms with Crippen molar-refractivity contribution < 1.29 is 9.53 Å². The van der Waals surface area contributed by atoms with E-state index in [0.717, 1.165) is 16.8 Å². The summed E-state index contributed by atoms with van der Waals surface area (Å²) >= 11 is 5.20. The Labute approximate surface area is 161 Å². The van der Waals surface area contributed by atoms with Gasteiger partial charge in [-0.25, -0.2) is 0 Å². The molecule has 0 unspecified atom stereocenters. The highest BCUT2D eigenvalue weighted by Gasteiger charge is 2.09. The zero-order valence-corrected chi connectivity index (χ0v) is 16.8. The average Bonchev–Trinajstić information content (AvgIpc) is 2.55. The number of hydrogen-bond donors (Lipinski definition) is 2.